The van der Waals surface area contributed by atoms with Crippen molar-refractivity contribution in [3.63, 3.8) is 0 Å². The molecule has 1 unspecified atom stereocenters. The number of benzene rings is 1. The third-order valence-corrected chi connectivity index (χ3v) is 6.30. The summed E-state index contributed by atoms with van der Waals surface area (Å²) in [6, 6.07) is 11.1. The molecule has 2 aliphatic rings. The summed E-state index contributed by atoms with van der Waals surface area (Å²) >= 11 is 2.17. The van der Waals surface area contributed by atoms with Crippen LogP contribution in [0.25, 0.3) is 0 Å². The monoisotopic (exact) mass is 301 g/mol. The molecule has 1 saturated carbocycles. The van der Waals surface area contributed by atoms with E-state index in [-0.39, 0.29) is 0 Å². The van der Waals surface area contributed by atoms with Crippen molar-refractivity contribution < 1.29 is 0 Å². The lowest BCUT2D eigenvalue weighted by Gasteiger charge is -2.24. The van der Waals surface area contributed by atoms with Crippen LogP contribution in [0.2, 0.25) is 0 Å². The van der Waals surface area contributed by atoms with Crippen LogP contribution in [-0.4, -0.2) is 25.5 Å². The summed E-state index contributed by atoms with van der Waals surface area (Å²) in [4.78, 5) is 4.09. The van der Waals surface area contributed by atoms with Crippen molar-refractivity contribution in [2.24, 2.45) is 5.92 Å². The summed E-state index contributed by atoms with van der Waals surface area (Å²) in [5, 5.41) is 0.651. The van der Waals surface area contributed by atoms with Crippen LogP contribution in [0.3, 0.4) is 0 Å². The molecule has 0 amide bonds. The molecule has 3 rings (SSSR count). The Kier molecular flexibility index (Phi) is 5.07. The van der Waals surface area contributed by atoms with Gasteiger partial charge < -0.3 is 4.90 Å². The number of allylic oxidation sites excluding steroid dienone is 1. The molecule has 0 bridgehead atoms. The summed E-state index contributed by atoms with van der Waals surface area (Å²) in [6.07, 6.45) is 8.39. The van der Waals surface area contributed by atoms with E-state index < -0.39 is 0 Å². The van der Waals surface area contributed by atoms with Crippen molar-refractivity contribution in [1.29, 1.82) is 0 Å². The molecule has 0 radical (unpaired) electrons. The summed E-state index contributed by atoms with van der Waals surface area (Å²) in [7, 11) is 4.40. The van der Waals surface area contributed by atoms with Crippen LogP contribution in [-0.2, 0) is 0 Å². The Morgan fingerprint density at radius 1 is 1.05 bits per heavy atom. The van der Waals surface area contributed by atoms with Crippen molar-refractivity contribution in [2.75, 3.05) is 20.6 Å². The predicted octanol–water partition coefficient (Wildman–Crippen LogP) is 5.26. The van der Waals surface area contributed by atoms with E-state index in [1.165, 1.54) is 44.1 Å². The van der Waals surface area contributed by atoms with Crippen LogP contribution in [0.4, 0.5) is 0 Å². The van der Waals surface area contributed by atoms with Crippen LogP contribution in [0, 0.1) is 5.92 Å². The third-order valence-electron chi connectivity index (χ3n) is 4.70. The van der Waals surface area contributed by atoms with E-state index in [0.29, 0.717) is 5.25 Å². The lowest BCUT2D eigenvalue weighted by molar-refractivity contribution is 0.404. The van der Waals surface area contributed by atoms with Gasteiger partial charge in [-0.25, -0.2) is 0 Å². The van der Waals surface area contributed by atoms with Crippen molar-refractivity contribution in [2.45, 2.75) is 43.8 Å². The summed E-state index contributed by atoms with van der Waals surface area (Å²) in [5.41, 5.74) is 3.22. The number of rotatable bonds is 4. The topological polar surface area (TPSA) is 3.24 Å². The molecular weight excluding hydrogens is 274 g/mol. The number of hydrogen-bond acceptors (Lipinski definition) is 2. The molecule has 1 fully saturated rings. The van der Waals surface area contributed by atoms with Crippen molar-refractivity contribution in [3.05, 3.63) is 46.4 Å². The second-order valence-corrected chi connectivity index (χ2v) is 8.01. The Hall–Kier alpha value is -0.730. The number of hydrogen-bond donors (Lipinski definition) is 0. The average molecular weight is 301 g/mol. The van der Waals surface area contributed by atoms with Crippen LogP contribution >= 0.6 is 11.8 Å². The largest absolute Gasteiger partial charge is 0.305 e. The molecule has 2 heteroatoms. The minimum atomic E-state index is 0.651. The van der Waals surface area contributed by atoms with Gasteiger partial charge in [-0.3, -0.25) is 0 Å². The minimum Gasteiger partial charge on any atom is -0.305 e. The SMILES string of the molecule is CN(C)CC1=C(C2CCCCC2)SC(c2ccccc2)C1. The molecule has 0 aromatic heterocycles. The highest BCUT2D eigenvalue weighted by molar-refractivity contribution is 8.03. The van der Waals surface area contributed by atoms with Gasteiger partial charge in [0, 0.05) is 11.8 Å². The average Bonchev–Trinajstić information content (AvgIpc) is 2.92. The van der Waals surface area contributed by atoms with Gasteiger partial charge >= 0.3 is 0 Å². The van der Waals surface area contributed by atoms with Crippen LogP contribution in [0.1, 0.15) is 49.3 Å². The van der Waals surface area contributed by atoms with E-state index in [1.54, 1.807) is 10.5 Å². The number of thioether (sulfide) groups is 1. The maximum Gasteiger partial charge on any atom is 0.0379 e. The maximum atomic E-state index is 2.34. The van der Waals surface area contributed by atoms with Gasteiger partial charge in [-0.15, -0.1) is 11.8 Å². The molecule has 0 saturated heterocycles. The minimum absolute atomic E-state index is 0.651. The first-order valence-corrected chi connectivity index (χ1v) is 9.20. The first-order valence-electron chi connectivity index (χ1n) is 8.32. The van der Waals surface area contributed by atoms with Gasteiger partial charge in [-0.05, 0) is 55.3 Å². The highest BCUT2D eigenvalue weighted by atomic mass is 32.2. The van der Waals surface area contributed by atoms with Crippen LogP contribution in [0.15, 0.2) is 40.8 Å². The number of likely N-dealkylation sites (N-methyl/N-ethyl adjacent to an activating group) is 1. The fourth-order valence-corrected chi connectivity index (χ4v) is 5.36. The Balaban J connectivity index is 1.78. The Labute approximate surface area is 133 Å². The van der Waals surface area contributed by atoms with E-state index >= 15 is 0 Å². The van der Waals surface area contributed by atoms with Crippen molar-refractivity contribution >= 4 is 11.8 Å². The van der Waals surface area contributed by atoms with E-state index in [0.717, 1.165) is 12.5 Å². The predicted molar refractivity (Wildman–Crippen MR) is 93.5 cm³/mol. The molecule has 21 heavy (non-hydrogen) atoms. The van der Waals surface area contributed by atoms with Gasteiger partial charge in [0.25, 0.3) is 0 Å². The summed E-state index contributed by atoms with van der Waals surface area (Å²) < 4.78 is 0. The third kappa shape index (κ3) is 3.73. The lowest BCUT2D eigenvalue weighted by atomic mass is 9.87. The normalized spacial score (nSPS) is 24.0. The standard InChI is InChI=1S/C19H27NS/c1-20(2)14-17-13-18(15-9-5-3-6-10-15)21-19(17)16-11-7-4-8-12-16/h3,5-6,9-10,16,18H,4,7-8,11-14H2,1-2H3. The zero-order chi connectivity index (χ0) is 14.7. The van der Waals surface area contributed by atoms with E-state index in [1.807, 2.05) is 0 Å². The van der Waals surface area contributed by atoms with Gasteiger partial charge in [0.05, 0.1) is 0 Å². The Bertz CT molecular complexity index is 486. The molecule has 1 aliphatic heterocycles. The van der Waals surface area contributed by atoms with Crippen LogP contribution in [0.5, 0.6) is 0 Å². The molecule has 1 atom stereocenters. The fraction of sp³-hybridized carbons (Fsp3) is 0.579. The second-order valence-electron chi connectivity index (χ2n) is 6.76. The highest BCUT2D eigenvalue weighted by Crippen LogP contribution is 2.52. The summed E-state index contributed by atoms with van der Waals surface area (Å²) in [6.45, 7) is 1.14. The lowest BCUT2D eigenvalue weighted by Crippen LogP contribution is -2.17. The highest BCUT2D eigenvalue weighted by Gasteiger charge is 2.31. The maximum absolute atomic E-state index is 2.34. The van der Waals surface area contributed by atoms with Crippen LogP contribution < -0.4 is 0 Å². The second kappa shape index (κ2) is 7.02. The van der Waals surface area contributed by atoms with Gasteiger partial charge in [0.2, 0.25) is 0 Å². The molecule has 1 heterocycles. The van der Waals surface area contributed by atoms with Gasteiger partial charge in [-0.1, -0.05) is 49.6 Å². The molecule has 1 aliphatic carbocycles. The van der Waals surface area contributed by atoms with E-state index in [2.05, 4.69) is 61.1 Å². The Morgan fingerprint density at radius 3 is 2.43 bits per heavy atom. The molecule has 1 aromatic carbocycles. The quantitative estimate of drug-likeness (QED) is 0.746. The zero-order valence-corrected chi connectivity index (χ0v) is 14.2. The first-order chi connectivity index (χ1) is 10.2. The van der Waals surface area contributed by atoms with Crippen molar-refractivity contribution in [3.8, 4) is 0 Å². The smallest absolute Gasteiger partial charge is 0.0379 e. The van der Waals surface area contributed by atoms with Crippen molar-refractivity contribution in [1.82, 2.24) is 4.90 Å². The molecule has 0 N–H and O–H groups in total. The zero-order valence-electron chi connectivity index (χ0n) is 13.3. The van der Waals surface area contributed by atoms with E-state index in [4.69, 9.17) is 0 Å². The molecule has 114 valence electrons. The van der Waals surface area contributed by atoms with Gasteiger partial charge in [-0.2, -0.15) is 0 Å². The van der Waals surface area contributed by atoms with E-state index in [9.17, 15) is 0 Å². The molecule has 0 spiro atoms. The molecule has 1 nitrogen and oxygen atoms in total. The number of nitrogens with zero attached hydrogens (tertiary/aromatic N) is 1. The molecular formula is C19H27NS. The fourth-order valence-electron chi connectivity index (χ4n) is 3.73. The first kappa shape index (κ1) is 15.2. The summed E-state index contributed by atoms with van der Waals surface area (Å²) in [5.74, 6) is 0.854. The molecule has 1 aromatic rings. The van der Waals surface area contributed by atoms with Gasteiger partial charge in [0.15, 0.2) is 0 Å². The Morgan fingerprint density at radius 2 is 1.76 bits per heavy atom. The van der Waals surface area contributed by atoms with Gasteiger partial charge in [0.1, 0.15) is 0 Å².